The summed E-state index contributed by atoms with van der Waals surface area (Å²) in [5.41, 5.74) is 2.73. The molecule has 2 aromatic carbocycles. The normalized spacial score (nSPS) is 10.7. The molecule has 0 atom stereocenters. The van der Waals surface area contributed by atoms with Gasteiger partial charge in [0.1, 0.15) is 5.75 Å². The largest absolute Gasteiger partial charge is 0.496 e. The van der Waals surface area contributed by atoms with Gasteiger partial charge in [-0.2, -0.15) is 0 Å². The van der Waals surface area contributed by atoms with Crippen molar-refractivity contribution < 1.29 is 14.6 Å². The highest BCUT2D eigenvalue weighted by Gasteiger charge is 2.11. The lowest BCUT2D eigenvalue weighted by Crippen LogP contribution is -2.26. The molecule has 0 fully saturated rings. The predicted octanol–water partition coefficient (Wildman–Crippen LogP) is 2.05. The van der Waals surface area contributed by atoms with Crippen LogP contribution in [-0.4, -0.2) is 43.2 Å². The molecule has 5 heteroatoms. The fraction of sp³-hybridized carbons (Fsp3) is 0.316. The molecule has 2 rings (SSSR count). The molecule has 0 saturated carbocycles. The second-order valence-electron chi connectivity index (χ2n) is 5.53. The monoisotopic (exact) mass is 328 g/mol. The van der Waals surface area contributed by atoms with Crippen molar-refractivity contribution in [3.8, 4) is 5.75 Å². The van der Waals surface area contributed by atoms with E-state index >= 15 is 0 Å². The van der Waals surface area contributed by atoms with Gasteiger partial charge in [0, 0.05) is 37.8 Å². The molecule has 24 heavy (non-hydrogen) atoms. The standard InChI is InChI=1S/C19H24N2O3/c1-20-19(23)16-8-5-6-15(12-16)13-21(10-11-22)14-17-7-3-4-9-18(17)24-2/h3-9,12,22H,10-11,13-14H2,1-2H3,(H,20,23). The van der Waals surface area contributed by atoms with E-state index in [-0.39, 0.29) is 12.5 Å². The maximum atomic E-state index is 11.8. The molecule has 5 nitrogen and oxygen atoms in total. The molecule has 0 aliphatic rings. The number of carbonyl (C=O) groups excluding carboxylic acids is 1. The van der Waals surface area contributed by atoms with Crippen molar-refractivity contribution in [1.29, 1.82) is 0 Å². The smallest absolute Gasteiger partial charge is 0.251 e. The number of aliphatic hydroxyl groups is 1. The average Bonchev–Trinajstić information content (AvgIpc) is 2.62. The van der Waals surface area contributed by atoms with Crippen LogP contribution in [0.4, 0.5) is 0 Å². The number of para-hydroxylation sites is 1. The minimum atomic E-state index is -0.102. The zero-order valence-corrected chi connectivity index (χ0v) is 14.2. The van der Waals surface area contributed by atoms with Crippen LogP contribution < -0.4 is 10.1 Å². The van der Waals surface area contributed by atoms with Crippen LogP contribution in [-0.2, 0) is 13.1 Å². The lowest BCUT2D eigenvalue weighted by atomic mass is 10.1. The average molecular weight is 328 g/mol. The molecule has 1 amide bonds. The van der Waals surface area contributed by atoms with E-state index in [1.807, 2.05) is 42.5 Å². The highest BCUT2D eigenvalue weighted by atomic mass is 16.5. The molecule has 0 unspecified atom stereocenters. The van der Waals surface area contributed by atoms with Crippen molar-refractivity contribution in [2.45, 2.75) is 13.1 Å². The van der Waals surface area contributed by atoms with Crippen LogP contribution in [0.15, 0.2) is 48.5 Å². The fourth-order valence-corrected chi connectivity index (χ4v) is 2.64. The first-order valence-electron chi connectivity index (χ1n) is 7.94. The van der Waals surface area contributed by atoms with Crippen LogP contribution in [0.3, 0.4) is 0 Å². The van der Waals surface area contributed by atoms with Gasteiger partial charge in [-0.25, -0.2) is 0 Å². The molecule has 2 N–H and O–H groups in total. The van der Waals surface area contributed by atoms with Crippen LogP contribution in [0.2, 0.25) is 0 Å². The van der Waals surface area contributed by atoms with Gasteiger partial charge < -0.3 is 15.2 Å². The van der Waals surface area contributed by atoms with Crippen LogP contribution in [0.1, 0.15) is 21.5 Å². The van der Waals surface area contributed by atoms with Crippen molar-refractivity contribution in [3.05, 3.63) is 65.2 Å². The molecule has 0 heterocycles. The first-order chi connectivity index (χ1) is 11.7. The molecule has 0 aliphatic heterocycles. The molecular formula is C19H24N2O3. The Kier molecular flexibility index (Phi) is 6.78. The second-order valence-corrected chi connectivity index (χ2v) is 5.53. The fourth-order valence-electron chi connectivity index (χ4n) is 2.64. The Morgan fingerprint density at radius 1 is 1.17 bits per heavy atom. The van der Waals surface area contributed by atoms with Gasteiger partial charge in [0.15, 0.2) is 0 Å². The van der Waals surface area contributed by atoms with Gasteiger partial charge in [-0.15, -0.1) is 0 Å². The number of rotatable bonds is 8. The van der Waals surface area contributed by atoms with E-state index in [4.69, 9.17) is 4.74 Å². The van der Waals surface area contributed by atoms with E-state index in [1.165, 1.54) is 0 Å². The SMILES string of the molecule is CNC(=O)c1cccc(CN(CCO)Cc2ccccc2OC)c1. The summed E-state index contributed by atoms with van der Waals surface area (Å²) in [6.45, 7) is 1.92. The highest BCUT2D eigenvalue weighted by molar-refractivity contribution is 5.94. The van der Waals surface area contributed by atoms with Crippen molar-refractivity contribution >= 4 is 5.91 Å². The topological polar surface area (TPSA) is 61.8 Å². The Balaban J connectivity index is 2.15. The minimum absolute atomic E-state index is 0.0737. The number of nitrogens with zero attached hydrogens (tertiary/aromatic N) is 1. The van der Waals surface area contributed by atoms with Crippen molar-refractivity contribution in [2.24, 2.45) is 0 Å². The Bertz CT molecular complexity index is 673. The lowest BCUT2D eigenvalue weighted by Gasteiger charge is -2.23. The summed E-state index contributed by atoms with van der Waals surface area (Å²) in [7, 11) is 3.27. The van der Waals surface area contributed by atoms with Gasteiger partial charge in [0.2, 0.25) is 0 Å². The maximum Gasteiger partial charge on any atom is 0.251 e. The van der Waals surface area contributed by atoms with E-state index in [2.05, 4.69) is 10.2 Å². The number of benzene rings is 2. The van der Waals surface area contributed by atoms with E-state index in [0.29, 0.717) is 25.2 Å². The number of nitrogens with one attached hydrogen (secondary N) is 1. The number of aliphatic hydroxyl groups excluding tert-OH is 1. The quantitative estimate of drug-likeness (QED) is 0.778. The van der Waals surface area contributed by atoms with E-state index < -0.39 is 0 Å². The van der Waals surface area contributed by atoms with Crippen molar-refractivity contribution in [1.82, 2.24) is 10.2 Å². The Morgan fingerprint density at radius 3 is 2.67 bits per heavy atom. The van der Waals surface area contributed by atoms with Gasteiger partial charge in [-0.1, -0.05) is 30.3 Å². The number of carbonyl (C=O) groups is 1. The summed E-state index contributed by atoms with van der Waals surface area (Å²) in [6.07, 6.45) is 0. The minimum Gasteiger partial charge on any atom is -0.496 e. The summed E-state index contributed by atoms with van der Waals surface area (Å²) in [5, 5.41) is 12.0. The van der Waals surface area contributed by atoms with Crippen LogP contribution >= 0.6 is 0 Å². The molecule has 0 aliphatic carbocycles. The molecule has 0 spiro atoms. The van der Waals surface area contributed by atoms with Crippen molar-refractivity contribution in [2.75, 3.05) is 27.3 Å². The number of hydrogen-bond donors (Lipinski definition) is 2. The molecule has 0 radical (unpaired) electrons. The lowest BCUT2D eigenvalue weighted by molar-refractivity contribution is 0.0962. The molecule has 2 aromatic rings. The van der Waals surface area contributed by atoms with Crippen LogP contribution in [0, 0.1) is 0 Å². The Labute approximate surface area is 142 Å². The third-order valence-electron chi connectivity index (χ3n) is 3.83. The van der Waals surface area contributed by atoms with Crippen LogP contribution in [0.25, 0.3) is 0 Å². The number of amides is 1. The summed E-state index contributed by atoms with van der Waals surface area (Å²) in [5.74, 6) is 0.731. The van der Waals surface area contributed by atoms with Gasteiger partial charge >= 0.3 is 0 Å². The second kappa shape index (κ2) is 9.05. The molecular weight excluding hydrogens is 304 g/mol. The summed E-state index contributed by atoms with van der Waals surface area (Å²) < 4.78 is 5.40. The number of hydrogen-bond acceptors (Lipinski definition) is 4. The first kappa shape index (κ1) is 18.0. The summed E-state index contributed by atoms with van der Waals surface area (Å²) in [4.78, 5) is 13.9. The van der Waals surface area contributed by atoms with Gasteiger partial charge in [-0.05, 0) is 23.8 Å². The summed E-state index contributed by atoms with van der Waals surface area (Å²) >= 11 is 0. The van der Waals surface area contributed by atoms with Gasteiger partial charge in [0.05, 0.1) is 13.7 Å². The Morgan fingerprint density at radius 2 is 1.96 bits per heavy atom. The number of methoxy groups -OCH3 is 1. The first-order valence-corrected chi connectivity index (χ1v) is 7.94. The molecule has 0 saturated heterocycles. The predicted molar refractivity (Wildman–Crippen MR) is 94.0 cm³/mol. The molecule has 0 bridgehead atoms. The van der Waals surface area contributed by atoms with Gasteiger partial charge in [-0.3, -0.25) is 9.69 Å². The third-order valence-corrected chi connectivity index (χ3v) is 3.83. The summed E-state index contributed by atoms with van der Waals surface area (Å²) in [6, 6.07) is 15.4. The maximum absolute atomic E-state index is 11.8. The number of ether oxygens (including phenoxy) is 1. The van der Waals surface area contributed by atoms with E-state index in [1.54, 1.807) is 20.2 Å². The Hall–Kier alpha value is -2.37. The third kappa shape index (κ3) is 4.81. The zero-order chi connectivity index (χ0) is 17.4. The van der Waals surface area contributed by atoms with E-state index in [9.17, 15) is 9.90 Å². The molecule has 0 aromatic heterocycles. The highest BCUT2D eigenvalue weighted by Crippen LogP contribution is 2.20. The van der Waals surface area contributed by atoms with Crippen LogP contribution in [0.5, 0.6) is 5.75 Å². The van der Waals surface area contributed by atoms with E-state index in [0.717, 1.165) is 16.9 Å². The zero-order valence-electron chi connectivity index (χ0n) is 14.2. The molecule has 128 valence electrons. The van der Waals surface area contributed by atoms with Gasteiger partial charge in [0.25, 0.3) is 5.91 Å². The van der Waals surface area contributed by atoms with Crippen molar-refractivity contribution in [3.63, 3.8) is 0 Å².